The van der Waals surface area contributed by atoms with Crippen molar-refractivity contribution in [3.8, 4) is 0 Å². The minimum atomic E-state index is -0.283. The van der Waals surface area contributed by atoms with Gasteiger partial charge in [0.1, 0.15) is 0 Å². The Morgan fingerprint density at radius 2 is 2.04 bits per heavy atom. The summed E-state index contributed by atoms with van der Waals surface area (Å²) in [5.41, 5.74) is 2.34. The number of nitrogens with zero attached hydrogens (tertiary/aromatic N) is 1. The second-order valence-corrected chi connectivity index (χ2v) is 6.43. The molecule has 0 saturated heterocycles. The molecule has 0 bridgehead atoms. The Kier molecular flexibility index (Phi) is 4.90. The Bertz CT molecular complexity index is 868. The fourth-order valence-electron chi connectivity index (χ4n) is 2.36. The first kappa shape index (κ1) is 16.2. The molecule has 2 aromatic heterocycles. The van der Waals surface area contributed by atoms with Crippen LogP contribution in [-0.4, -0.2) is 28.6 Å². The van der Waals surface area contributed by atoms with E-state index in [1.807, 2.05) is 42.6 Å². The van der Waals surface area contributed by atoms with Crippen LogP contribution in [0, 0.1) is 6.92 Å². The largest absolute Gasteiger partial charge is 0.351 e. The third-order valence-corrected chi connectivity index (χ3v) is 4.76. The molecule has 7 heteroatoms. The Labute approximate surface area is 143 Å². The van der Waals surface area contributed by atoms with E-state index in [1.54, 1.807) is 11.3 Å². The normalized spacial score (nSPS) is 10.7. The second-order valence-electron chi connectivity index (χ2n) is 5.43. The molecule has 0 aliphatic rings. The first-order valence-corrected chi connectivity index (χ1v) is 8.54. The number of hydrogen-bond donors (Lipinski definition) is 3. The molecule has 2 heterocycles. The van der Waals surface area contributed by atoms with Crippen LogP contribution in [0.25, 0.3) is 10.9 Å². The highest BCUT2D eigenvalue weighted by Crippen LogP contribution is 2.15. The molecule has 2 amide bonds. The predicted octanol–water partition coefficient (Wildman–Crippen LogP) is 2.37. The van der Waals surface area contributed by atoms with E-state index in [1.165, 1.54) is 5.56 Å². The van der Waals surface area contributed by atoms with Crippen molar-refractivity contribution in [1.29, 1.82) is 0 Å². The van der Waals surface area contributed by atoms with Crippen molar-refractivity contribution >= 4 is 34.1 Å². The van der Waals surface area contributed by atoms with Crippen LogP contribution >= 0.6 is 11.3 Å². The summed E-state index contributed by atoms with van der Waals surface area (Å²) in [7, 11) is 0. The standard InChI is InChI=1S/C17H18N4O2S/c1-11-7-9-24-14(11)10-19-15(22)6-8-18-17(23)16-12-4-2-3-5-13(12)20-21-16/h2-5,7,9H,6,8,10H2,1H3,(H,18,23)(H,19,22)(H,20,21). The van der Waals surface area contributed by atoms with Crippen LogP contribution in [0.4, 0.5) is 0 Å². The van der Waals surface area contributed by atoms with Crippen molar-refractivity contribution in [3.05, 3.63) is 51.8 Å². The summed E-state index contributed by atoms with van der Waals surface area (Å²) >= 11 is 1.62. The van der Waals surface area contributed by atoms with Crippen molar-refractivity contribution in [1.82, 2.24) is 20.8 Å². The number of H-pyrrole nitrogens is 1. The lowest BCUT2D eigenvalue weighted by Gasteiger charge is -2.06. The van der Waals surface area contributed by atoms with Gasteiger partial charge < -0.3 is 10.6 Å². The number of fused-ring (bicyclic) bond motifs is 1. The van der Waals surface area contributed by atoms with Crippen molar-refractivity contribution in [2.45, 2.75) is 19.9 Å². The predicted molar refractivity (Wildman–Crippen MR) is 93.9 cm³/mol. The highest BCUT2D eigenvalue weighted by Gasteiger charge is 2.13. The number of aromatic amines is 1. The Morgan fingerprint density at radius 1 is 1.21 bits per heavy atom. The van der Waals surface area contributed by atoms with E-state index in [4.69, 9.17) is 0 Å². The highest BCUT2D eigenvalue weighted by molar-refractivity contribution is 7.10. The van der Waals surface area contributed by atoms with E-state index in [-0.39, 0.29) is 24.8 Å². The van der Waals surface area contributed by atoms with Gasteiger partial charge in [0.15, 0.2) is 5.69 Å². The lowest BCUT2D eigenvalue weighted by atomic mass is 10.2. The molecule has 0 aliphatic carbocycles. The fraction of sp³-hybridized carbons (Fsp3) is 0.235. The first-order valence-electron chi connectivity index (χ1n) is 7.66. The summed E-state index contributed by atoms with van der Waals surface area (Å²) in [5, 5.41) is 15.2. The number of para-hydroxylation sites is 1. The summed E-state index contributed by atoms with van der Waals surface area (Å²) in [4.78, 5) is 25.2. The minimum Gasteiger partial charge on any atom is -0.351 e. The molecule has 0 atom stereocenters. The maximum Gasteiger partial charge on any atom is 0.272 e. The van der Waals surface area contributed by atoms with Gasteiger partial charge >= 0.3 is 0 Å². The smallest absolute Gasteiger partial charge is 0.272 e. The van der Waals surface area contributed by atoms with E-state index in [9.17, 15) is 9.59 Å². The van der Waals surface area contributed by atoms with Gasteiger partial charge in [-0.25, -0.2) is 0 Å². The third kappa shape index (κ3) is 3.62. The molecule has 3 N–H and O–H groups in total. The maximum absolute atomic E-state index is 12.2. The number of benzene rings is 1. The van der Waals surface area contributed by atoms with Crippen LogP contribution in [0.3, 0.4) is 0 Å². The van der Waals surface area contributed by atoms with Gasteiger partial charge in [-0.15, -0.1) is 11.3 Å². The van der Waals surface area contributed by atoms with Gasteiger partial charge in [0, 0.05) is 23.2 Å². The molecule has 0 aliphatic heterocycles. The molecule has 0 unspecified atom stereocenters. The molecule has 3 rings (SSSR count). The molecule has 124 valence electrons. The number of nitrogens with one attached hydrogen (secondary N) is 3. The number of amides is 2. The van der Waals surface area contributed by atoms with Gasteiger partial charge in [0.25, 0.3) is 5.91 Å². The summed E-state index contributed by atoms with van der Waals surface area (Å²) in [6, 6.07) is 9.46. The zero-order valence-electron chi connectivity index (χ0n) is 13.3. The molecule has 0 spiro atoms. The molecule has 24 heavy (non-hydrogen) atoms. The number of rotatable bonds is 6. The topological polar surface area (TPSA) is 86.9 Å². The van der Waals surface area contributed by atoms with Gasteiger partial charge in [0.2, 0.25) is 5.91 Å². The lowest BCUT2D eigenvalue weighted by Crippen LogP contribution is -2.30. The van der Waals surface area contributed by atoms with Crippen molar-refractivity contribution in [2.75, 3.05) is 6.54 Å². The van der Waals surface area contributed by atoms with Gasteiger partial charge in [-0.05, 0) is 30.0 Å². The third-order valence-electron chi connectivity index (χ3n) is 3.74. The monoisotopic (exact) mass is 342 g/mol. The van der Waals surface area contributed by atoms with Gasteiger partial charge in [-0.3, -0.25) is 14.7 Å². The van der Waals surface area contributed by atoms with Crippen LogP contribution in [0.1, 0.15) is 27.3 Å². The van der Waals surface area contributed by atoms with E-state index in [0.717, 1.165) is 15.8 Å². The molecule has 0 radical (unpaired) electrons. The molecule has 0 saturated carbocycles. The summed E-state index contributed by atoms with van der Waals surface area (Å²) < 4.78 is 0. The Morgan fingerprint density at radius 3 is 2.83 bits per heavy atom. The molecule has 0 fully saturated rings. The lowest BCUT2D eigenvalue weighted by molar-refractivity contribution is -0.121. The van der Waals surface area contributed by atoms with Crippen molar-refractivity contribution in [3.63, 3.8) is 0 Å². The number of aromatic nitrogens is 2. The number of aryl methyl sites for hydroxylation is 1. The van der Waals surface area contributed by atoms with E-state index in [0.29, 0.717) is 12.2 Å². The Balaban J connectivity index is 1.46. The van der Waals surface area contributed by atoms with Crippen molar-refractivity contribution in [2.24, 2.45) is 0 Å². The SMILES string of the molecule is Cc1ccsc1CNC(=O)CCNC(=O)c1n[nH]c2ccccc12. The van der Waals surface area contributed by atoms with E-state index in [2.05, 4.69) is 20.8 Å². The van der Waals surface area contributed by atoms with Crippen LogP contribution < -0.4 is 10.6 Å². The van der Waals surface area contributed by atoms with Crippen LogP contribution in [0.15, 0.2) is 35.7 Å². The van der Waals surface area contributed by atoms with Crippen molar-refractivity contribution < 1.29 is 9.59 Å². The van der Waals surface area contributed by atoms with Crippen LogP contribution in [-0.2, 0) is 11.3 Å². The summed E-state index contributed by atoms with van der Waals surface area (Å²) in [6.45, 7) is 2.82. The highest BCUT2D eigenvalue weighted by atomic mass is 32.1. The number of carbonyl (C=O) groups excluding carboxylic acids is 2. The molecular formula is C17H18N4O2S. The fourth-order valence-corrected chi connectivity index (χ4v) is 3.21. The number of carbonyl (C=O) groups is 2. The first-order chi connectivity index (χ1) is 11.6. The molecule has 3 aromatic rings. The molecular weight excluding hydrogens is 324 g/mol. The minimum absolute atomic E-state index is 0.0880. The van der Waals surface area contributed by atoms with Crippen LogP contribution in [0.2, 0.25) is 0 Å². The zero-order valence-corrected chi connectivity index (χ0v) is 14.1. The van der Waals surface area contributed by atoms with E-state index >= 15 is 0 Å². The molecule has 1 aromatic carbocycles. The van der Waals surface area contributed by atoms with Gasteiger partial charge in [-0.2, -0.15) is 5.10 Å². The molecule has 6 nitrogen and oxygen atoms in total. The van der Waals surface area contributed by atoms with Crippen LogP contribution in [0.5, 0.6) is 0 Å². The average molecular weight is 342 g/mol. The summed E-state index contributed by atoms with van der Waals surface area (Å²) in [6.07, 6.45) is 0.235. The zero-order chi connectivity index (χ0) is 16.9. The average Bonchev–Trinajstić information content (AvgIpc) is 3.19. The number of thiophene rings is 1. The number of hydrogen-bond acceptors (Lipinski definition) is 4. The quantitative estimate of drug-likeness (QED) is 0.643. The van der Waals surface area contributed by atoms with Gasteiger partial charge in [0.05, 0.1) is 12.1 Å². The maximum atomic E-state index is 12.2. The second kappa shape index (κ2) is 7.27. The Hall–Kier alpha value is -2.67. The summed E-state index contributed by atoms with van der Waals surface area (Å²) in [5.74, 6) is -0.371. The van der Waals surface area contributed by atoms with E-state index < -0.39 is 0 Å². The van der Waals surface area contributed by atoms with Gasteiger partial charge in [-0.1, -0.05) is 18.2 Å².